The topological polar surface area (TPSA) is 130 Å². The van der Waals surface area contributed by atoms with Gasteiger partial charge in [-0.1, -0.05) is 0 Å². The summed E-state index contributed by atoms with van der Waals surface area (Å²) in [5.74, 6) is -1.20. The summed E-state index contributed by atoms with van der Waals surface area (Å²) in [6.07, 6.45) is 1.64. The number of hydrogen-bond donors (Lipinski definition) is 2. The monoisotopic (exact) mass is 523 g/mol. The molecule has 1 saturated heterocycles. The third-order valence-electron chi connectivity index (χ3n) is 7.69. The van der Waals surface area contributed by atoms with Gasteiger partial charge in [-0.05, 0) is 51.4 Å². The lowest BCUT2D eigenvalue weighted by Gasteiger charge is -2.31. The summed E-state index contributed by atoms with van der Waals surface area (Å²) in [7, 11) is 4.57. The van der Waals surface area contributed by atoms with E-state index in [1.165, 1.54) is 28.5 Å². The van der Waals surface area contributed by atoms with Gasteiger partial charge in [0, 0.05) is 34.3 Å². The van der Waals surface area contributed by atoms with Crippen LogP contribution in [0.5, 0.6) is 5.75 Å². The minimum Gasteiger partial charge on any atom is -0.502 e. The summed E-state index contributed by atoms with van der Waals surface area (Å²) in [6, 6.07) is -0.658. The summed E-state index contributed by atoms with van der Waals surface area (Å²) < 4.78 is 26.0. The number of nitrogens with one attached hydrogen (secondary N) is 1. The Balaban J connectivity index is 1.61. The molecule has 0 spiro atoms. The van der Waals surface area contributed by atoms with Crippen LogP contribution in [0.25, 0.3) is 0 Å². The lowest BCUT2D eigenvalue weighted by Crippen LogP contribution is -2.45. The molecular weight excluding hydrogens is 485 g/mol. The molecule has 4 unspecified atom stereocenters. The zero-order chi connectivity index (χ0) is 26.9. The SMILES string of the molecule is CCN(C(=O)C(=O)N(C)C)C1CCC(OC)Cn2c1nc(C1OC1NCC1CCC(F)CC1)c(O)c2=O. The van der Waals surface area contributed by atoms with Gasteiger partial charge in [-0.15, -0.1) is 0 Å². The van der Waals surface area contributed by atoms with E-state index in [-0.39, 0.29) is 24.9 Å². The lowest BCUT2D eigenvalue weighted by atomic mass is 9.88. The average molecular weight is 524 g/mol. The van der Waals surface area contributed by atoms with Crippen LogP contribution in [0.3, 0.4) is 0 Å². The van der Waals surface area contributed by atoms with Gasteiger partial charge in [-0.2, -0.15) is 0 Å². The maximum atomic E-state index is 13.4. The zero-order valence-corrected chi connectivity index (χ0v) is 22.0. The molecular formula is C25H38FN5O6. The first-order valence-corrected chi connectivity index (χ1v) is 13.1. The molecule has 1 saturated carbocycles. The van der Waals surface area contributed by atoms with Crippen LogP contribution in [-0.4, -0.2) is 89.1 Å². The number of carbonyl (C=O) groups is 2. The number of aromatic nitrogens is 2. The average Bonchev–Trinajstić information content (AvgIpc) is 3.68. The van der Waals surface area contributed by atoms with Gasteiger partial charge in [0.1, 0.15) is 30.0 Å². The van der Waals surface area contributed by atoms with Crippen molar-refractivity contribution in [3.05, 3.63) is 21.9 Å². The second-order valence-electron chi connectivity index (χ2n) is 10.4. The largest absolute Gasteiger partial charge is 0.502 e. The fraction of sp³-hybridized carbons (Fsp3) is 0.760. The Bertz CT molecular complexity index is 1060. The number of rotatable bonds is 7. The summed E-state index contributed by atoms with van der Waals surface area (Å²) in [5, 5.41) is 14.1. The molecule has 0 bridgehead atoms. The van der Waals surface area contributed by atoms with Crippen LogP contribution in [0.15, 0.2) is 4.79 Å². The Kier molecular flexibility index (Phi) is 8.49. The predicted molar refractivity (Wildman–Crippen MR) is 131 cm³/mol. The van der Waals surface area contributed by atoms with E-state index in [9.17, 15) is 23.9 Å². The molecule has 4 atom stereocenters. The second-order valence-corrected chi connectivity index (χ2v) is 10.4. The van der Waals surface area contributed by atoms with Gasteiger partial charge in [0.15, 0.2) is 0 Å². The molecule has 3 aliphatic rings. The maximum Gasteiger partial charge on any atom is 0.312 e. The number of ether oxygens (including phenoxy) is 2. The van der Waals surface area contributed by atoms with Crippen LogP contribution in [0.2, 0.25) is 0 Å². The normalized spacial score (nSPS) is 29.2. The molecule has 1 aromatic heterocycles. The summed E-state index contributed by atoms with van der Waals surface area (Å²) in [5.41, 5.74) is -0.517. The highest BCUT2D eigenvalue weighted by Crippen LogP contribution is 2.41. The Labute approximate surface area is 215 Å². The van der Waals surface area contributed by atoms with E-state index in [0.29, 0.717) is 44.0 Å². The molecule has 206 valence electrons. The van der Waals surface area contributed by atoms with Crippen molar-refractivity contribution in [2.24, 2.45) is 5.92 Å². The number of halogens is 1. The maximum absolute atomic E-state index is 13.4. The van der Waals surface area contributed by atoms with Crippen LogP contribution >= 0.6 is 0 Å². The molecule has 4 rings (SSSR count). The molecule has 2 aliphatic heterocycles. The van der Waals surface area contributed by atoms with Crippen molar-refractivity contribution in [2.75, 3.05) is 34.3 Å². The van der Waals surface area contributed by atoms with Gasteiger partial charge in [-0.3, -0.25) is 24.3 Å². The van der Waals surface area contributed by atoms with E-state index >= 15 is 0 Å². The van der Waals surface area contributed by atoms with Crippen LogP contribution in [0.4, 0.5) is 4.39 Å². The first-order valence-electron chi connectivity index (χ1n) is 13.1. The third-order valence-corrected chi connectivity index (χ3v) is 7.69. The number of alkyl halides is 1. The van der Waals surface area contributed by atoms with Crippen molar-refractivity contribution in [3.8, 4) is 5.75 Å². The smallest absolute Gasteiger partial charge is 0.312 e. The number of fused-ring (bicyclic) bond motifs is 1. The molecule has 0 aromatic carbocycles. The van der Waals surface area contributed by atoms with Crippen LogP contribution in [0, 0.1) is 5.92 Å². The molecule has 1 aromatic rings. The zero-order valence-electron chi connectivity index (χ0n) is 22.0. The van der Waals surface area contributed by atoms with E-state index in [0.717, 1.165) is 12.8 Å². The number of methoxy groups -OCH3 is 1. The summed E-state index contributed by atoms with van der Waals surface area (Å²) in [4.78, 5) is 46.2. The van der Waals surface area contributed by atoms with Gasteiger partial charge in [0.05, 0.1) is 18.7 Å². The highest BCUT2D eigenvalue weighted by molar-refractivity contribution is 6.34. The first-order chi connectivity index (χ1) is 17.7. The molecule has 1 aliphatic carbocycles. The standard InChI is InChI=1S/C25H38FN5O6/c1-5-30(25(35)24(34)29(2)3)17-11-10-16(36-4)13-31-21(17)28-18(19(32)23(31)33)20-22(37-20)27-12-14-6-8-15(26)9-7-14/h14-17,20,22,27,32H,5-13H2,1-4H3. The van der Waals surface area contributed by atoms with Crippen molar-refractivity contribution >= 4 is 11.8 Å². The lowest BCUT2D eigenvalue weighted by molar-refractivity contribution is -0.152. The van der Waals surface area contributed by atoms with E-state index in [4.69, 9.17) is 9.47 Å². The molecule has 12 heteroatoms. The van der Waals surface area contributed by atoms with Crippen molar-refractivity contribution < 1.29 is 28.6 Å². The highest BCUT2D eigenvalue weighted by Gasteiger charge is 2.46. The predicted octanol–water partition coefficient (Wildman–Crippen LogP) is 1.25. The van der Waals surface area contributed by atoms with E-state index in [1.807, 2.05) is 0 Å². The van der Waals surface area contributed by atoms with E-state index in [1.54, 1.807) is 14.0 Å². The van der Waals surface area contributed by atoms with Crippen molar-refractivity contribution in [3.63, 3.8) is 0 Å². The van der Waals surface area contributed by atoms with Crippen molar-refractivity contribution in [1.82, 2.24) is 24.7 Å². The number of amides is 2. The molecule has 2 N–H and O–H groups in total. The minimum absolute atomic E-state index is 0.115. The molecule has 2 amide bonds. The van der Waals surface area contributed by atoms with Gasteiger partial charge in [0.2, 0.25) is 5.75 Å². The van der Waals surface area contributed by atoms with Crippen molar-refractivity contribution in [1.29, 1.82) is 0 Å². The minimum atomic E-state index is -0.719. The quantitative estimate of drug-likeness (QED) is 0.404. The van der Waals surface area contributed by atoms with Crippen molar-refractivity contribution in [2.45, 2.75) is 82.6 Å². The molecule has 0 radical (unpaired) electrons. The number of aromatic hydroxyl groups is 1. The number of nitrogens with zero attached hydrogens (tertiary/aromatic N) is 4. The highest BCUT2D eigenvalue weighted by atomic mass is 19.1. The fourth-order valence-corrected chi connectivity index (χ4v) is 5.37. The van der Waals surface area contributed by atoms with Gasteiger partial charge in [0.25, 0.3) is 5.56 Å². The number of hydrogen-bond acceptors (Lipinski definition) is 8. The first kappa shape index (κ1) is 27.5. The molecule has 11 nitrogen and oxygen atoms in total. The molecule has 3 heterocycles. The van der Waals surface area contributed by atoms with Gasteiger partial charge in [-0.25, -0.2) is 9.37 Å². The Morgan fingerprint density at radius 3 is 2.51 bits per heavy atom. The Morgan fingerprint density at radius 2 is 1.89 bits per heavy atom. The van der Waals surface area contributed by atoms with Crippen LogP contribution in [-0.2, 0) is 25.6 Å². The summed E-state index contributed by atoms with van der Waals surface area (Å²) in [6.45, 7) is 2.82. The van der Waals surface area contributed by atoms with E-state index in [2.05, 4.69) is 10.3 Å². The van der Waals surface area contributed by atoms with E-state index < -0.39 is 47.7 Å². The third kappa shape index (κ3) is 5.80. The number of epoxide rings is 1. The number of likely N-dealkylation sites (N-methyl/N-ethyl adjacent to an activating group) is 2. The summed E-state index contributed by atoms with van der Waals surface area (Å²) >= 11 is 0. The molecule has 37 heavy (non-hydrogen) atoms. The Morgan fingerprint density at radius 1 is 1.19 bits per heavy atom. The van der Waals surface area contributed by atoms with Crippen LogP contribution in [0.1, 0.15) is 69.1 Å². The van der Waals surface area contributed by atoms with Gasteiger partial charge >= 0.3 is 11.8 Å². The Hall–Kier alpha value is -2.57. The van der Waals surface area contributed by atoms with Gasteiger partial charge < -0.3 is 24.4 Å². The van der Waals surface area contributed by atoms with Crippen LogP contribution < -0.4 is 10.9 Å². The molecule has 2 fully saturated rings. The second kappa shape index (κ2) is 11.4. The fourth-order valence-electron chi connectivity index (χ4n) is 5.37. The number of carbonyl (C=O) groups excluding carboxylic acids is 2.